The molecule has 16 heavy (non-hydrogen) atoms. The van der Waals surface area contributed by atoms with Crippen LogP contribution in [0, 0.1) is 0 Å². The SMILES string of the molecule is CCC(C)NC(=O)C(=O)c1ccc(Cl)cc1. The third kappa shape index (κ3) is 3.35. The predicted octanol–water partition coefficient (Wildman–Crippen LogP) is 2.44. The minimum Gasteiger partial charge on any atom is -0.347 e. The molecule has 1 unspecified atom stereocenters. The summed E-state index contributed by atoms with van der Waals surface area (Å²) < 4.78 is 0. The van der Waals surface area contributed by atoms with Gasteiger partial charge in [0.15, 0.2) is 0 Å². The van der Waals surface area contributed by atoms with Crippen LogP contribution in [0.5, 0.6) is 0 Å². The molecule has 86 valence electrons. The molecule has 0 aliphatic rings. The van der Waals surface area contributed by atoms with Crippen molar-refractivity contribution in [3.05, 3.63) is 34.9 Å². The monoisotopic (exact) mass is 239 g/mol. The Bertz CT molecular complexity index is 387. The first-order valence-corrected chi connectivity index (χ1v) is 5.53. The second kappa shape index (κ2) is 5.66. The Balaban J connectivity index is 2.71. The molecule has 1 aromatic rings. The summed E-state index contributed by atoms with van der Waals surface area (Å²) in [5, 5.41) is 3.16. The Morgan fingerprint density at radius 3 is 2.38 bits per heavy atom. The van der Waals surface area contributed by atoms with Crippen molar-refractivity contribution in [1.29, 1.82) is 0 Å². The van der Waals surface area contributed by atoms with Gasteiger partial charge >= 0.3 is 0 Å². The number of rotatable bonds is 4. The van der Waals surface area contributed by atoms with E-state index in [1.807, 2.05) is 13.8 Å². The molecule has 0 saturated carbocycles. The summed E-state index contributed by atoms with van der Waals surface area (Å²) in [6, 6.07) is 6.27. The summed E-state index contributed by atoms with van der Waals surface area (Å²) in [7, 11) is 0. The third-order valence-electron chi connectivity index (χ3n) is 2.30. The molecule has 0 spiro atoms. The number of hydrogen-bond acceptors (Lipinski definition) is 2. The Labute approximate surface area is 99.8 Å². The van der Waals surface area contributed by atoms with Crippen LogP contribution in [0.25, 0.3) is 0 Å². The van der Waals surface area contributed by atoms with E-state index >= 15 is 0 Å². The van der Waals surface area contributed by atoms with Gasteiger partial charge < -0.3 is 5.32 Å². The number of hydrogen-bond donors (Lipinski definition) is 1. The Kier molecular flexibility index (Phi) is 4.50. The quantitative estimate of drug-likeness (QED) is 0.648. The van der Waals surface area contributed by atoms with E-state index in [1.54, 1.807) is 24.3 Å². The number of amides is 1. The van der Waals surface area contributed by atoms with Gasteiger partial charge in [-0.3, -0.25) is 9.59 Å². The number of halogens is 1. The molecule has 0 bridgehead atoms. The van der Waals surface area contributed by atoms with E-state index in [9.17, 15) is 9.59 Å². The second-order valence-electron chi connectivity index (χ2n) is 3.62. The molecule has 0 fully saturated rings. The lowest BCUT2D eigenvalue weighted by Gasteiger charge is -2.10. The predicted molar refractivity (Wildman–Crippen MR) is 63.7 cm³/mol. The number of nitrogens with one attached hydrogen (secondary N) is 1. The fourth-order valence-electron chi connectivity index (χ4n) is 1.12. The third-order valence-corrected chi connectivity index (χ3v) is 2.55. The highest BCUT2D eigenvalue weighted by molar-refractivity contribution is 6.43. The number of Topliss-reactive ketones (excluding diaryl/α,β-unsaturated/α-hetero) is 1. The Morgan fingerprint density at radius 2 is 1.88 bits per heavy atom. The summed E-state index contributed by atoms with van der Waals surface area (Å²) in [6.07, 6.45) is 0.791. The number of ketones is 1. The van der Waals surface area contributed by atoms with Gasteiger partial charge in [-0.05, 0) is 37.6 Å². The van der Waals surface area contributed by atoms with Gasteiger partial charge in [-0.15, -0.1) is 0 Å². The van der Waals surface area contributed by atoms with Crippen LogP contribution in [0.3, 0.4) is 0 Å². The average Bonchev–Trinajstić information content (AvgIpc) is 2.28. The topological polar surface area (TPSA) is 46.2 Å². The molecule has 1 atom stereocenters. The molecule has 1 aromatic carbocycles. The lowest BCUT2D eigenvalue weighted by molar-refractivity contribution is -0.117. The molecule has 0 aromatic heterocycles. The highest BCUT2D eigenvalue weighted by Gasteiger charge is 2.17. The summed E-state index contributed by atoms with van der Waals surface area (Å²) in [5.74, 6) is -1.10. The normalized spacial score (nSPS) is 11.9. The molecular formula is C12H14ClNO2. The van der Waals surface area contributed by atoms with Crippen molar-refractivity contribution in [2.24, 2.45) is 0 Å². The van der Waals surface area contributed by atoms with Gasteiger partial charge in [-0.2, -0.15) is 0 Å². The van der Waals surface area contributed by atoms with Crippen molar-refractivity contribution in [3.8, 4) is 0 Å². The smallest absolute Gasteiger partial charge is 0.292 e. The fraction of sp³-hybridized carbons (Fsp3) is 0.333. The molecule has 1 rings (SSSR count). The molecule has 3 nitrogen and oxygen atoms in total. The highest BCUT2D eigenvalue weighted by atomic mass is 35.5. The largest absolute Gasteiger partial charge is 0.347 e. The van der Waals surface area contributed by atoms with Crippen molar-refractivity contribution < 1.29 is 9.59 Å². The van der Waals surface area contributed by atoms with Crippen LogP contribution < -0.4 is 5.32 Å². The van der Waals surface area contributed by atoms with E-state index in [4.69, 9.17) is 11.6 Å². The minimum atomic E-state index is -0.573. The minimum absolute atomic E-state index is 0.00347. The molecule has 0 saturated heterocycles. The lowest BCUT2D eigenvalue weighted by atomic mass is 10.1. The van der Waals surface area contributed by atoms with Gasteiger partial charge in [-0.1, -0.05) is 18.5 Å². The Hall–Kier alpha value is -1.35. The first-order chi connectivity index (χ1) is 7.54. The summed E-state index contributed by atoms with van der Waals surface area (Å²) in [5.41, 5.74) is 0.352. The van der Waals surface area contributed by atoms with E-state index in [0.29, 0.717) is 10.6 Å². The van der Waals surface area contributed by atoms with Gasteiger partial charge in [-0.25, -0.2) is 0 Å². The van der Waals surface area contributed by atoms with Crippen LogP contribution in [0.1, 0.15) is 30.6 Å². The van der Waals surface area contributed by atoms with Crippen LogP contribution in [-0.4, -0.2) is 17.7 Å². The zero-order valence-electron chi connectivity index (χ0n) is 9.29. The molecule has 0 aliphatic heterocycles. The maximum absolute atomic E-state index is 11.7. The zero-order chi connectivity index (χ0) is 12.1. The molecule has 1 N–H and O–H groups in total. The molecular weight excluding hydrogens is 226 g/mol. The van der Waals surface area contributed by atoms with Crippen molar-refractivity contribution >= 4 is 23.3 Å². The van der Waals surface area contributed by atoms with E-state index < -0.39 is 11.7 Å². The fourth-order valence-corrected chi connectivity index (χ4v) is 1.25. The Morgan fingerprint density at radius 1 is 1.31 bits per heavy atom. The molecule has 4 heteroatoms. The van der Waals surface area contributed by atoms with Gasteiger partial charge in [0.2, 0.25) is 5.78 Å². The van der Waals surface area contributed by atoms with Crippen molar-refractivity contribution in [1.82, 2.24) is 5.32 Å². The summed E-state index contributed by atoms with van der Waals surface area (Å²) in [4.78, 5) is 23.2. The second-order valence-corrected chi connectivity index (χ2v) is 4.06. The van der Waals surface area contributed by atoms with Crippen molar-refractivity contribution in [3.63, 3.8) is 0 Å². The first-order valence-electron chi connectivity index (χ1n) is 5.15. The maximum Gasteiger partial charge on any atom is 0.292 e. The van der Waals surface area contributed by atoms with Crippen molar-refractivity contribution in [2.45, 2.75) is 26.3 Å². The number of benzene rings is 1. The van der Waals surface area contributed by atoms with Crippen LogP contribution in [0.15, 0.2) is 24.3 Å². The van der Waals surface area contributed by atoms with E-state index in [2.05, 4.69) is 5.32 Å². The standard InChI is InChI=1S/C12H14ClNO2/c1-3-8(2)14-12(16)11(15)9-4-6-10(13)7-5-9/h4-8H,3H2,1-2H3,(H,14,16). The molecule has 1 amide bonds. The van der Waals surface area contributed by atoms with Gasteiger partial charge in [0.1, 0.15) is 0 Å². The molecule has 0 heterocycles. The van der Waals surface area contributed by atoms with E-state index in [0.717, 1.165) is 6.42 Å². The van der Waals surface area contributed by atoms with Crippen LogP contribution in [0.4, 0.5) is 0 Å². The molecule has 0 aliphatic carbocycles. The maximum atomic E-state index is 11.7. The van der Waals surface area contributed by atoms with Crippen molar-refractivity contribution in [2.75, 3.05) is 0 Å². The number of carbonyl (C=O) groups is 2. The summed E-state index contributed by atoms with van der Waals surface area (Å²) in [6.45, 7) is 3.80. The van der Waals surface area contributed by atoms with E-state index in [1.165, 1.54) is 0 Å². The number of carbonyl (C=O) groups excluding carboxylic acids is 2. The lowest BCUT2D eigenvalue weighted by Crippen LogP contribution is -2.37. The summed E-state index contributed by atoms with van der Waals surface area (Å²) >= 11 is 5.69. The zero-order valence-corrected chi connectivity index (χ0v) is 10.0. The van der Waals surface area contributed by atoms with Gasteiger partial charge in [0.05, 0.1) is 0 Å². The van der Waals surface area contributed by atoms with Crippen LogP contribution >= 0.6 is 11.6 Å². The highest BCUT2D eigenvalue weighted by Crippen LogP contribution is 2.10. The van der Waals surface area contributed by atoms with Crippen LogP contribution in [-0.2, 0) is 4.79 Å². The van der Waals surface area contributed by atoms with E-state index in [-0.39, 0.29) is 6.04 Å². The van der Waals surface area contributed by atoms with Gasteiger partial charge in [0, 0.05) is 16.6 Å². The van der Waals surface area contributed by atoms with Gasteiger partial charge in [0.25, 0.3) is 5.91 Å². The average molecular weight is 240 g/mol. The van der Waals surface area contributed by atoms with Crippen LogP contribution in [0.2, 0.25) is 5.02 Å². The molecule has 0 radical (unpaired) electrons. The first kappa shape index (κ1) is 12.7.